The van der Waals surface area contributed by atoms with Gasteiger partial charge in [-0.05, 0) is 43.3 Å². The normalized spacial score (nSPS) is 15.3. The maximum Gasteiger partial charge on any atom is 0.420 e. The Morgan fingerprint density at radius 2 is 1.81 bits per heavy atom. The molecule has 0 aliphatic carbocycles. The van der Waals surface area contributed by atoms with Gasteiger partial charge in [0.05, 0.1) is 36.8 Å². The molecule has 0 amide bonds. The molecule has 9 nitrogen and oxygen atoms in total. The van der Waals surface area contributed by atoms with E-state index in [1.165, 1.54) is 27.1 Å². The van der Waals surface area contributed by atoms with E-state index < -0.39 is 15.8 Å². The van der Waals surface area contributed by atoms with Gasteiger partial charge in [-0.25, -0.2) is 13.2 Å². The molecule has 10 heteroatoms. The number of fused-ring (bicyclic) bond motifs is 1. The summed E-state index contributed by atoms with van der Waals surface area (Å²) in [7, 11) is -3.73. The van der Waals surface area contributed by atoms with Gasteiger partial charge in [0.15, 0.2) is 11.4 Å². The molecule has 0 radical (unpaired) electrons. The minimum atomic E-state index is -3.73. The first-order valence-electron chi connectivity index (χ1n) is 9.87. The van der Waals surface area contributed by atoms with Crippen LogP contribution in [0.3, 0.4) is 0 Å². The highest BCUT2D eigenvalue weighted by molar-refractivity contribution is 7.89. The SMILES string of the molecule is CCOc1ccc(C(=O)Cn2c(=O)oc3cc(S(=O)(=O)N4CCOCC4)ccc32)cc1. The number of Topliss-reactive ketones (excluding diaryl/α,β-unsaturated/α-hetero) is 1. The number of benzene rings is 2. The topological polar surface area (TPSA) is 108 Å². The molecule has 1 aliphatic rings. The Morgan fingerprint density at radius 3 is 2.48 bits per heavy atom. The van der Waals surface area contributed by atoms with E-state index in [2.05, 4.69) is 0 Å². The lowest BCUT2D eigenvalue weighted by molar-refractivity contribution is 0.0730. The summed E-state index contributed by atoms with van der Waals surface area (Å²) >= 11 is 0. The zero-order valence-electron chi connectivity index (χ0n) is 16.9. The van der Waals surface area contributed by atoms with Crippen LogP contribution in [0.5, 0.6) is 5.75 Å². The fourth-order valence-corrected chi connectivity index (χ4v) is 4.86. The van der Waals surface area contributed by atoms with Crippen LogP contribution in [0.1, 0.15) is 17.3 Å². The lowest BCUT2D eigenvalue weighted by Gasteiger charge is -2.25. The van der Waals surface area contributed by atoms with Gasteiger partial charge < -0.3 is 13.9 Å². The Hall–Kier alpha value is -2.95. The number of aromatic nitrogens is 1. The van der Waals surface area contributed by atoms with Crippen molar-refractivity contribution in [2.45, 2.75) is 18.4 Å². The quantitative estimate of drug-likeness (QED) is 0.510. The Morgan fingerprint density at radius 1 is 1.10 bits per heavy atom. The number of rotatable bonds is 7. The second-order valence-electron chi connectivity index (χ2n) is 6.98. The van der Waals surface area contributed by atoms with Crippen molar-refractivity contribution >= 4 is 26.9 Å². The fraction of sp³-hybridized carbons (Fsp3) is 0.333. The summed E-state index contributed by atoms with van der Waals surface area (Å²) in [6.45, 7) is 3.36. The van der Waals surface area contributed by atoms with Crippen LogP contribution >= 0.6 is 0 Å². The fourth-order valence-electron chi connectivity index (χ4n) is 3.43. The monoisotopic (exact) mass is 446 g/mol. The first-order valence-corrected chi connectivity index (χ1v) is 11.3. The zero-order chi connectivity index (χ0) is 22.0. The molecular formula is C21H22N2O7S. The Bertz CT molecular complexity index is 1250. The molecule has 0 unspecified atom stereocenters. The summed E-state index contributed by atoms with van der Waals surface area (Å²) < 4.78 is 44.0. The lowest BCUT2D eigenvalue weighted by Crippen LogP contribution is -2.40. The van der Waals surface area contributed by atoms with Crippen LogP contribution in [0.25, 0.3) is 11.1 Å². The van der Waals surface area contributed by atoms with Crippen LogP contribution < -0.4 is 10.5 Å². The number of ether oxygens (including phenoxy) is 2. The summed E-state index contributed by atoms with van der Waals surface area (Å²) in [5.41, 5.74) is 0.889. The molecule has 2 aromatic carbocycles. The Labute approximate surface area is 178 Å². The predicted molar refractivity (Wildman–Crippen MR) is 112 cm³/mol. The Balaban J connectivity index is 1.60. The van der Waals surface area contributed by atoms with Gasteiger partial charge in [-0.15, -0.1) is 0 Å². The number of morpholine rings is 1. The van der Waals surface area contributed by atoms with Gasteiger partial charge in [0.25, 0.3) is 0 Å². The number of sulfonamides is 1. The maximum atomic E-state index is 12.8. The first-order chi connectivity index (χ1) is 14.9. The smallest absolute Gasteiger partial charge is 0.420 e. The van der Waals surface area contributed by atoms with Gasteiger partial charge in [-0.2, -0.15) is 4.31 Å². The van der Waals surface area contributed by atoms with Crippen molar-refractivity contribution in [3.05, 3.63) is 58.6 Å². The van der Waals surface area contributed by atoms with E-state index in [1.807, 2.05) is 6.92 Å². The van der Waals surface area contributed by atoms with Crippen molar-refractivity contribution in [3.8, 4) is 5.75 Å². The molecule has 3 aromatic rings. The van der Waals surface area contributed by atoms with Gasteiger partial charge in [0.2, 0.25) is 10.0 Å². The van der Waals surface area contributed by atoms with Crippen molar-refractivity contribution in [2.24, 2.45) is 0 Å². The second kappa shape index (κ2) is 8.66. The lowest BCUT2D eigenvalue weighted by atomic mass is 10.1. The highest BCUT2D eigenvalue weighted by Crippen LogP contribution is 2.23. The van der Waals surface area contributed by atoms with Gasteiger partial charge in [-0.3, -0.25) is 9.36 Å². The molecule has 1 fully saturated rings. The third-order valence-electron chi connectivity index (χ3n) is 5.04. The van der Waals surface area contributed by atoms with E-state index in [1.54, 1.807) is 24.3 Å². The van der Waals surface area contributed by atoms with Crippen molar-refractivity contribution in [1.29, 1.82) is 0 Å². The zero-order valence-corrected chi connectivity index (χ0v) is 17.8. The van der Waals surface area contributed by atoms with Crippen LogP contribution in [-0.2, 0) is 21.3 Å². The number of oxazole rings is 1. The van der Waals surface area contributed by atoms with Crippen molar-refractivity contribution in [2.75, 3.05) is 32.9 Å². The van der Waals surface area contributed by atoms with Crippen LogP contribution in [0, 0.1) is 0 Å². The number of hydrogen-bond donors (Lipinski definition) is 0. The second-order valence-corrected chi connectivity index (χ2v) is 8.92. The standard InChI is InChI=1S/C21H22N2O7S/c1-2-29-16-5-3-15(4-6-16)19(24)14-23-18-8-7-17(13-20(18)30-21(23)25)31(26,27)22-9-11-28-12-10-22/h3-8,13H,2,9-12,14H2,1H3. The predicted octanol–water partition coefficient (Wildman–Crippen LogP) is 1.90. The molecule has 1 aromatic heterocycles. The summed E-state index contributed by atoms with van der Waals surface area (Å²) in [5, 5.41) is 0. The third kappa shape index (κ3) is 4.27. The average Bonchev–Trinajstić information content (AvgIpc) is 3.09. The molecule has 4 rings (SSSR count). The van der Waals surface area contributed by atoms with E-state index in [9.17, 15) is 18.0 Å². The van der Waals surface area contributed by atoms with Crippen LogP contribution in [0.2, 0.25) is 0 Å². The van der Waals surface area contributed by atoms with E-state index in [-0.39, 0.29) is 35.9 Å². The summed E-state index contributed by atoms with van der Waals surface area (Å²) in [5.74, 6) is -0.355. The number of ketones is 1. The average molecular weight is 446 g/mol. The minimum absolute atomic E-state index is 0.0284. The summed E-state index contributed by atoms with van der Waals surface area (Å²) in [4.78, 5) is 25.0. The van der Waals surface area contributed by atoms with E-state index in [0.29, 0.717) is 36.7 Å². The maximum absolute atomic E-state index is 12.8. The van der Waals surface area contributed by atoms with Gasteiger partial charge in [0, 0.05) is 24.7 Å². The highest BCUT2D eigenvalue weighted by atomic mass is 32.2. The number of hydrogen-bond acceptors (Lipinski definition) is 7. The van der Waals surface area contributed by atoms with Crippen molar-refractivity contribution in [1.82, 2.24) is 8.87 Å². The third-order valence-corrected chi connectivity index (χ3v) is 6.93. The number of carbonyl (C=O) groups excluding carboxylic acids is 1. The number of nitrogens with zero attached hydrogens (tertiary/aromatic N) is 2. The molecule has 0 N–H and O–H groups in total. The molecule has 2 heterocycles. The first kappa shape index (κ1) is 21.3. The van der Waals surface area contributed by atoms with E-state index in [4.69, 9.17) is 13.9 Å². The molecule has 0 saturated carbocycles. The summed E-state index contributed by atoms with van der Waals surface area (Å²) in [6.07, 6.45) is 0. The molecule has 164 valence electrons. The molecule has 0 bridgehead atoms. The van der Waals surface area contributed by atoms with Gasteiger partial charge >= 0.3 is 5.76 Å². The largest absolute Gasteiger partial charge is 0.494 e. The minimum Gasteiger partial charge on any atom is -0.494 e. The molecule has 31 heavy (non-hydrogen) atoms. The molecule has 1 saturated heterocycles. The van der Waals surface area contributed by atoms with Crippen LogP contribution in [0.15, 0.2) is 56.6 Å². The molecular weight excluding hydrogens is 424 g/mol. The van der Waals surface area contributed by atoms with Crippen molar-refractivity contribution in [3.63, 3.8) is 0 Å². The molecule has 0 atom stereocenters. The van der Waals surface area contributed by atoms with E-state index >= 15 is 0 Å². The number of carbonyl (C=O) groups is 1. The van der Waals surface area contributed by atoms with Gasteiger partial charge in [0.1, 0.15) is 5.75 Å². The van der Waals surface area contributed by atoms with Crippen LogP contribution in [0.4, 0.5) is 0 Å². The Kier molecular flexibility index (Phi) is 5.94. The van der Waals surface area contributed by atoms with Crippen molar-refractivity contribution < 1.29 is 27.1 Å². The highest BCUT2D eigenvalue weighted by Gasteiger charge is 2.27. The molecule has 1 aliphatic heterocycles. The summed E-state index contributed by atoms with van der Waals surface area (Å²) in [6, 6.07) is 10.9. The van der Waals surface area contributed by atoms with Gasteiger partial charge in [-0.1, -0.05) is 0 Å². The van der Waals surface area contributed by atoms with E-state index in [0.717, 1.165) is 0 Å². The van der Waals surface area contributed by atoms with Crippen LogP contribution in [-0.4, -0.2) is 56.0 Å². The molecule has 0 spiro atoms.